The number of carbonyl (C=O) groups excluding carboxylic acids is 1. The maximum Gasteiger partial charge on any atom is 0.270 e. The van der Waals surface area contributed by atoms with E-state index in [9.17, 15) is 14.9 Å². The van der Waals surface area contributed by atoms with E-state index in [0.717, 1.165) is 51.3 Å². The summed E-state index contributed by atoms with van der Waals surface area (Å²) in [5.74, 6) is -0.243. The van der Waals surface area contributed by atoms with Gasteiger partial charge in [0.25, 0.3) is 11.6 Å². The summed E-state index contributed by atoms with van der Waals surface area (Å²) in [6.45, 7) is 9.10. The van der Waals surface area contributed by atoms with Gasteiger partial charge in [0.15, 0.2) is 0 Å². The Morgan fingerprint density at radius 2 is 1.96 bits per heavy atom. The molecule has 1 aromatic carbocycles. The van der Waals surface area contributed by atoms with Crippen molar-refractivity contribution in [3.63, 3.8) is 0 Å². The van der Waals surface area contributed by atoms with Crippen molar-refractivity contribution in [2.75, 3.05) is 44.2 Å². The Balaban J connectivity index is 2.14. The first kappa shape index (κ1) is 18.2. The van der Waals surface area contributed by atoms with Gasteiger partial charge in [-0.1, -0.05) is 13.8 Å². The Bertz CT molecular complexity index is 581. The molecular formula is C17H26N4O3. The largest absolute Gasteiger partial charge is 0.371 e. The molecule has 7 heteroatoms. The number of benzene rings is 1. The minimum absolute atomic E-state index is 0.0492. The highest BCUT2D eigenvalue weighted by Gasteiger charge is 2.22. The van der Waals surface area contributed by atoms with Gasteiger partial charge >= 0.3 is 0 Å². The molecule has 1 fully saturated rings. The molecule has 0 saturated carbocycles. The van der Waals surface area contributed by atoms with Crippen molar-refractivity contribution < 1.29 is 9.72 Å². The lowest BCUT2D eigenvalue weighted by Crippen LogP contribution is -2.35. The van der Waals surface area contributed by atoms with Crippen LogP contribution in [-0.4, -0.2) is 55.0 Å². The number of nitro benzene ring substituents is 1. The molecule has 0 unspecified atom stereocenters. The van der Waals surface area contributed by atoms with Crippen molar-refractivity contribution in [1.29, 1.82) is 0 Å². The SMILES string of the molecule is CCN(CC)CCNC(=O)c1cc([N+](=O)[O-])ccc1N1CCCC1. The maximum absolute atomic E-state index is 12.6. The van der Waals surface area contributed by atoms with Gasteiger partial charge in [0.05, 0.1) is 16.2 Å². The second kappa shape index (κ2) is 8.63. The van der Waals surface area contributed by atoms with Gasteiger partial charge in [-0.25, -0.2) is 0 Å². The molecule has 0 aromatic heterocycles. The van der Waals surface area contributed by atoms with E-state index in [4.69, 9.17) is 0 Å². The molecule has 2 rings (SSSR count). The third kappa shape index (κ3) is 4.44. The number of rotatable bonds is 8. The average molecular weight is 334 g/mol. The summed E-state index contributed by atoms with van der Waals surface area (Å²) in [7, 11) is 0. The van der Waals surface area contributed by atoms with E-state index >= 15 is 0 Å². The molecule has 24 heavy (non-hydrogen) atoms. The van der Waals surface area contributed by atoms with Gasteiger partial charge < -0.3 is 15.1 Å². The molecule has 1 aliphatic heterocycles. The summed E-state index contributed by atoms with van der Waals surface area (Å²) >= 11 is 0. The first-order valence-electron chi connectivity index (χ1n) is 8.60. The zero-order chi connectivity index (χ0) is 17.5. The van der Waals surface area contributed by atoms with E-state index < -0.39 is 4.92 Å². The van der Waals surface area contributed by atoms with Crippen LogP contribution in [0.5, 0.6) is 0 Å². The van der Waals surface area contributed by atoms with E-state index in [1.165, 1.54) is 12.1 Å². The Kier molecular flexibility index (Phi) is 6.54. The average Bonchev–Trinajstić information content (AvgIpc) is 3.12. The minimum Gasteiger partial charge on any atom is -0.371 e. The quantitative estimate of drug-likeness (QED) is 0.583. The first-order valence-corrected chi connectivity index (χ1v) is 8.60. The normalized spacial score (nSPS) is 14.2. The summed E-state index contributed by atoms with van der Waals surface area (Å²) in [5, 5.41) is 13.9. The lowest BCUT2D eigenvalue weighted by Gasteiger charge is -2.22. The molecule has 0 atom stereocenters. The summed E-state index contributed by atoms with van der Waals surface area (Å²) < 4.78 is 0. The molecule has 0 aliphatic carbocycles. The second-order valence-electron chi connectivity index (χ2n) is 5.94. The highest BCUT2D eigenvalue weighted by molar-refractivity contribution is 6.00. The van der Waals surface area contributed by atoms with Crippen LogP contribution in [0.2, 0.25) is 0 Å². The fourth-order valence-corrected chi connectivity index (χ4v) is 3.02. The fraction of sp³-hybridized carbons (Fsp3) is 0.588. The number of likely N-dealkylation sites (N-methyl/N-ethyl adjacent to an activating group) is 1. The Morgan fingerprint density at radius 1 is 1.29 bits per heavy atom. The molecule has 1 aromatic rings. The Morgan fingerprint density at radius 3 is 2.54 bits per heavy atom. The molecule has 0 spiro atoms. The van der Waals surface area contributed by atoms with Crippen molar-refractivity contribution in [3.05, 3.63) is 33.9 Å². The molecule has 1 saturated heterocycles. The van der Waals surface area contributed by atoms with Crippen LogP contribution < -0.4 is 10.2 Å². The highest BCUT2D eigenvalue weighted by atomic mass is 16.6. The predicted octanol–water partition coefficient (Wildman–Crippen LogP) is 2.27. The molecule has 0 radical (unpaired) electrons. The monoisotopic (exact) mass is 334 g/mol. The van der Waals surface area contributed by atoms with Crippen LogP contribution >= 0.6 is 0 Å². The number of nitrogens with zero attached hydrogens (tertiary/aromatic N) is 3. The van der Waals surface area contributed by atoms with Crippen molar-refractivity contribution in [2.24, 2.45) is 0 Å². The fourth-order valence-electron chi connectivity index (χ4n) is 3.02. The maximum atomic E-state index is 12.6. The summed E-state index contributed by atoms with van der Waals surface area (Å²) in [6, 6.07) is 4.56. The second-order valence-corrected chi connectivity index (χ2v) is 5.94. The van der Waals surface area contributed by atoms with E-state index in [0.29, 0.717) is 12.1 Å². The van der Waals surface area contributed by atoms with Gasteiger partial charge in [-0.15, -0.1) is 0 Å². The first-order chi connectivity index (χ1) is 11.6. The molecule has 0 bridgehead atoms. The number of carbonyl (C=O) groups is 1. The van der Waals surface area contributed by atoms with E-state index in [1.54, 1.807) is 6.07 Å². The highest BCUT2D eigenvalue weighted by Crippen LogP contribution is 2.28. The number of hydrogen-bond acceptors (Lipinski definition) is 5. The number of nitrogens with one attached hydrogen (secondary N) is 1. The van der Waals surface area contributed by atoms with Gasteiger partial charge in [0.2, 0.25) is 0 Å². The Labute approximate surface area is 142 Å². The van der Waals surface area contributed by atoms with E-state index in [2.05, 4.69) is 29.0 Å². The molecule has 7 nitrogen and oxygen atoms in total. The van der Waals surface area contributed by atoms with Crippen LogP contribution in [0, 0.1) is 10.1 Å². The van der Waals surface area contributed by atoms with E-state index in [-0.39, 0.29) is 11.6 Å². The van der Waals surface area contributed by atoms with Crippen LogP contribution in [-0.2, 0) is 0 Å². The molecule has 1 amide bonds. The number of anilines is 1. The van der Waals surface area contributed by atoms with Crippen LogP contribution in [0.1, 0.15) is 37.0 Å². The van der Waals surface area contributed by atoms with Gasteiger partial charge in [-0.2, -0.15) is 0 Å². The van der Waals surface area contributed by atoms with Gasteiger partial charge in [0, 0.05) is 38.3 Å². The molecule has 1 N–H and O–H groups in total. The van der Waals surface area contributed by atoms with Crippen LogP contribution in [0.15, 0.2) is 18.2 Å². The number of hydrogen-bond donors (Lipinski definition) is 1. The van der Waals surface area contributed by atoms with Crippen molar-refractivity contribution in [3.8, 4) is 0 Å². The lowest BCUT2D eigenvalue weighted by atomic mass is 10.1. The van der Waals surface area contributed by atoms with Crippen molar-refractivity contribution >= 4 is 17.3 Å². The van der Waals surface area contributed by atoms with Gasteiger partial charge in [0.1, 0.15) is 0 Å². The number of non-ortho nitro benzene ring substituents is 1. The van der Waals surface area contributed by atoms with Crippen molar-refractivity contribution in [1.82, 2.24) is 10.2 Å². The third-order valence-corrected chi connectivity index (χ3v) is 4.49. The smallest absolute Gasteiger partial charge is 0.270 e. The van der Waals surface area contributed by atoms with Gasteiger partial charge in [-0.05, 0) is 32.0 Å². The topological polar surface area (TPSA) is 78.7 Å². The summed E-state index contributed by atoms with van der Waals surface area (Å²) in [6.07, 6.45) is 2.17. The summed E-state index contributed by atoms with van der Waals surface area (Å²) in [5.41, 5.74) is 1.14. The predicted molar refractivity (Wildman–Crippen MR) is 94.7 cm³/mol. The van der Waals surface area contributed by atoms with Gasteiger partial charge in [-0.3, -0.25) is 14.9 Å². The van der Waals surface area contributed by atoms with Crippen LogP contribution in [0.3, 0.4) is 0 Å². The third-order valence-electron chi connectivity index (χ3n) is 4.49. The Hall–Kier alpha value is -2.15. The molecule has 1 aliphatic rings. The molecule has 132 valence electrons. The standard InChI is InChI=1S/C17H26N4O3/c1-3-19(4-2)12-9-18-17(22)15-13-14(21(23)24)7-8-16(15)20-10-5-6-11-20/h7-8,13H,3-6,9-12H2,1-2H3,(H,18,22). The van der Waals surface area contributed by atoms with Crippen molar-refractivity contribution in [2.45, 2.75) is 26.7 Å². The number of amides is 1. The van der Waals surface area contributed by atoms with E-state index in [1.807, 2.05) is 0 Å². The van der Waals surface area contributed by atoms with Crippen LogP contribution in [0.4, 0.5) is 11.4 Å². The number of nitro groups is 1. The molecular weight excluding hydrogens is 308 g/mol. The van der Waals surface area contributed by atoms with Crippen LogP contribution in [0.25, 0.3) is 0 Å². The summed E-state index contributed by atoms with van der Waals surface area (Å²) in [4.78, 5) is 27.5. The molecule has 1 heterocycles. The lowest BCUT2D eigenvalue weighted by molar-refractivity contribution is -0.384. The zero-order valence-electron chi connectivity index (χ0n) is 14.5. The minimum atomic E-state index is -0.458. The zero-order valence-corrected chi connectivity index (χ0v) is 14.5.